The number of guanidine groups is 1. The van der Waals surface area contributed by atoms with Gasteiger partial charge in [-0.2, -0.15) is 0 Å². The van der Waals surface area contributed by atoms with Crippen molar-refractivity contribution in [3.05, 3.63) is 23.7 Å². The van der Waals surface area contributed by atoms with E-state index in [4.69, 9.17) is 15.1 Å². The third-order valence-electron chi connectivity index (χ3n) is 5.03. The van der Waals surface area contributed by atoms with Gasteiger partial charge in [-0.05, 0) is 57.8 Å². The molecule has 1 aromatic heterocycles. The number of rotatable bonds is 4. The molecule has 1 atom stereocenters. The van der Waals surface area contributed by atoms with Gasteiger partial charge in [0.15, 0.2) is 5.96 Å². The van der Waals surface area contributed by atoms with Gasteiger partial charge in [-0.25, -0.2) is 0 Å². The SMILES string of the molecule is Cc1ccc(C(CN=C(N)N2CCCCCC2)N2CCCC2)o1. The molecule has 3 rings (SSSR count). The van der Waals surface area contributed by atoms with Crippen molar-refractivity contribution in [3.63, 3.8) is 0 Å². The van der Waals surface area contributed by atoms with Crippen LogP contribution in [0.1, 0.15) is 56.1 Å². The standard InChI is InChI=1S/C18H30N4O/c1-15-8-9-17(23-15)16(21-10-6-7-11-21)14-20-18(19)22-12-4-2-3-5-13-22/h8-9,16H,2-7,10-14H2,1H3,(H2,19,20). The number of likely N-dealkylation sites (tertiary alicyclic amines) is 2. The molecular formula is C18H30N4O. The highest BCUT2D eigenvalue weighted by Gasteiger charge is 2.26. The Kier molecular flexibility index (Phi) is 5.60. The highest BCUT2D eigenvalue weighted by Crippen LogP contribution is 2.27. The average molecular weight is 318 g/mol. The topological polar surface area (TPSA) is 58.0 Å². The van der Waals surface area contributed by atoms with E-state index in [0.29, 0.717) is 12.5 Å². The average Bonchev–Trinajstić information content (AvgIpc) is 3.14. The maximum absolute atomic E-state index is 6.27. The van der Waals surface area contributed by atoms with Crippen LogP contribution in [0.25, 0.3) is 0 Å². The lowest BCUT2D eigenvalue weighted by molar-refractivity contribution is 0.218. The first-order chi connectivity index (χ1) is 11.2. The maximum Gasteiger partial charge on any atom is 0.191 e. The Balaban J connectivity index is 1.68. The fourth-order valence-electron chi connectivity index (χ4n) is 3.65. The third kappa shape index (κ3) is 4.28. The largest absolute Gasteiger partial charge is 0.465 e. The van der Waals surface area contributed by atoms with Gasteiger partial charge < -0.3 is 15.1 Å². The van der Waals surface area contributed by atoms with Crippen LogP contribution in [-0.2, 0) is 0 Å². The molecule has 0 aliphatic carbocycles. The predicted octanol–water partition coefficient (Wildman–Crippen LogP) is 2.92. The van der Waals surface area contributed by atoms with Crippen LogP contribution in [0.4, 0.5) is 0 Å². The van der Waals surface area contributed by atoms with Crippen molar-refractivity contribution in [2.24, 2.45) is 10.7 Å². The lowest BCUT2D eigenvalue weighted by Gasteiger charge is -2.26. The highest BCUT2D eigenvalue weighted by molar-refractivity contribution is 5.78. The molecule has 2 saturated heterocycles. The summed E-state index contributed by atoms with van der Waals surface area (Å²) in [6.45, 7) is 7.04. The molecule has 2 fully saturated rings. The minimum Gasteiger partial charge on any atom is -0.465 e. The van der Waals surface area contributed by atoms with Crippen LogP contribution in [0.15, 0.2) is 21.5 Å². The highest BCUT2D eigenvalue weighted by atomic mass is 16.3. The summed E-state index contributed by atoms with van der Waals surface area (Å²) in [5.41, 5.74) is 6.27. The maximum atomic E-state index is 6.27. The van der Waals surface area contributed by atoms with E-state index >= 15 is 0 Å². The van der Waals surface area contributed by atoms with Crippen molar-refractivity contribution in [2.75, 3.05) is 32.7 Å². The number of hydrogen-bond donors (Lipinski definition) is 1. The molecule has 0 radical (unpaired) electrons. The minimum absolute atomic E-state index is 0.219. The van der Waals surface area contributed by atoms with E-state index in [1.54, 1.807) is 0 Å². The Morgan fingerprint density at radius 2 is 1.74 bits per heavy atom. The summed E-state index contributed by atoms with van der Waals surface area (Å²) in [5, 5.41) is 0. The number of aliphatic imine (C=N–C) groups is 1. The van der Waals surface area contributed by atoms with Gasteiger partial charge in [0.05, 0.1) is 12.6 Å². The van der Waals surface area contributed by atoms with Crippen LogP contribution in [0, 0.1) is 6.92 Å². The van der Waals surface area contributed by atoms with Crippen LogP contribution in [-0.4, -0.2) is 48.5 Å². The molecule has 2 aliphatic heterocycles. The third-order valence-corrected chi connectivity index (χ3v) is 5.03. The quantitative estimate of drug-likeness (QED) is 0.685. The van der Waals surface area contributed by atoms with E-state index in [2.05, 4.69) is 15.9 Å². The van der Waals surface area contributed by atoms with Gasteiger partial charge in [0.25, 0.3) is 0 Å². The van der Waals surface area contributed by atoms with Crippen LogP contribution < -0.4 is 5.73 Å². The van der Waals surface area contributed by atoms with E-state index in [-0.39, 0.29) is 6.04 Å². The zero-order valence-electron chi connectivity index (χ0n) is 14.3. The van der Waals surface area contributed by atoms with Gasteiger partial charge in [-0.1, -0.05) is 12.8 Å². The molecule has 5 heteroatoms. The van der Waals surface area contributed by atoms with Gasteiger partial charge in [-0.15, -0.1) is 0 Å². The second-order valence-electron chi connectivity index (χ2n) is 6.81. The Labute approximate surface area is 139 Å². The van der Waals surface area contributed by atoms with Crippen molar-refractivity contribution in [1.29, 1.82) is 0 Å². The van der Waals surface area contributed by atoms with Crippen LogP contribution in [0.5, 0.6) is 0 Å². The molecule has 0 aromatic carbocycles. The lowest BCUT2D eigenvalue weighted by Crippen LogP contribution is -2.39. The lowest BCUT2D eigenvalue weighted by atomic mass is 10.2. The minimum atomic E-state index is 0.219. The van der Waals surface area contributed by atoms with Crippen LogP contribution in [0.2, 0.25) is 0 Å². The Morgan fingerprint density at radius 3 is 2.35 bits per heavy atom. The first-order valence-electron chi connectivity index (χ1n) is 9.09. The molecule has 23 heavy (non-hydrogen) atoms. The van der Waals surface area contributed by atoms with Gasteiger partial charge in [0.2, 0.25) is 0 Å². The van der Waals surface area contributed by atoms with Crippen molar-refractivity contribution >= 4 is 5.96 Å². The molecule has 2 N–H and O–H groups in total. The van der Waals surface area contributed by atoms with Crippen molar-refractivity contribution in [2.45, 2.75) is 51.5 Å². The molecule has 0 bridgehead atoms. The van der Waals surface area contributed by atoms with Gasteiger partial charge >= 0.3 is 0 Å². The first-order valence-corrected chi connectivity index (χ1v) is 9.09. The summed E-state index contributed by atoms with van der Waals surface area (Å²) in [6, 6.07) is 4.35. The Bertz CT molecular complexity index is 511. The molecule has 3 heterocycles. The number of nitrogens with two attached hydrogens (primary N) is 1. The van der Waals surface area contributed by atoms with Gasteiger partial charge in [0, 0.05) is 13.1 Å². The van der Waals surface area contributed by atoms with E-state index in [1.807, 2.05) is 13.0 Å². The number of nitrogens with zero attached hydrogens (tertiary/aromatic N) is 3. The van der Waals surface area contributed by atoms with Crippen molar-refractivity contribution in [3.8, 4) is 0 Å². The molecule has 128 valence electrons. The zero-order chi connectivity index (χ0) is 16.1. The van der Waals surface area contributed by atoms with Crippen molar-refractivity contribution < 1.29 is 4.42 Å². The second kappa shape index (κ2) is 7.86. The number of furan rings is 1. The molecule has 1 aromatic rings. The Morgan fingerprint density at radius 1 is 1.09 bits per heavy atom. The summed E-state index contributed by atoms with van der Waals surface area (Å²) in [6.07, 6.45) is 7.60. The number of aryl methyl sites for hydroxylation is 1. The van der Waals surface area contributed by atoms with E-state index in [0.717, 1.165) is 37.7 Å². The predicted molar refractivity (Wildman–Crippen MR) is 93.5 cm³/mol. The summed E-state index contributed by atoms with van der Waals surface area (Å²) in [5.74, 6) is 2.70. The monoisotopic (exact) mass is 318 g/mol. The van der Waals surface area contributed by atoms with Gasteiger partial charge in [0.1, 0.15) is 11.5 Å². The second-order valence-corrected chi connectivity index (χ2v) is 6.81. The fraction of sp³-hybridized carbons (Fsp3) is 0.722. The van der Waals surface area contributed by atoms with Crippen LogP contribution >= 0.6 is 0 Å². The summed E-state index contributed by atoms with van der Waals surface area (Å²) < 4.78 is 5.89. The summed E-state index contributed by atoms with van der Waals surface area (Å²) in [7, 11) is 0. The molecule has 0 spiro atoms. The molecule has 0 saturated carbocycles. The van der Waals surface area contributed by atoms with Crippen molar-refractivity contribution in [1.82, 2.24) is 9.80 Å². The molecule has 5 nitrogen and oxygen atoms in total. The van der Waals surface area contributed by atoms with Gasteiger partial charge in [-0.3, -0.25) is 9.89 Å². The molecular weight excluding hydrogens is 288 g/mol. The Hall–Kier alpha value is -1.49. The normalized spacial score (nSPS) is 22.3. The fourth-order valence-corrected chi connectivity index (χ4v) is 3.65. The number of hydrogen-bond acceptors (Lipinski definition) is 3. The van der Waals surface area contributed by atoms with E-state index < -0.39 is 0 Å². The molecule has 1 unspecified atom stereocenters. The first kappa shape index (κ1) is 16.4. The molecule has 0 amide bonds. The smallest absolute Gasteiger partial charge is 0.191 e. The summed E-state index contributed by atoms with van der Waals surface area (Å²) in [4.78, 5) is 9.47. The van der Waals surface area contributed by atoms with E-state index in [9.17, 15) is 0 Å². The molecule has 2 aliphatic rings. The summed E-state index contributed by atoms with van der Waals surface area (Å²) >= 11 is 0. The zero-order valence-corrected chi connectivity index (χ0v) is 14.3. The van der Waals surface area contributed by atoms with E-state index in [1.165, 1.54) is 38.5 Å². The van der Waals surface area contributed by atoms with Crippen LogP contribution in [0.3, 0.4) is 0 Å².